The molecule has 0 unspecified atom stereocenters. The first kappa shape index (κ1) is 18.5. The Kier molecular flexibility index (Phi) is 6.10. The van der Waals surface area contributed by atoms with Gasteiger partial charge in [-0.1, -0.05) is 60.7 Å². The van der Waals surface area contributed by atoms with Crippen molar-refractivity contribution in [2.24, 2.45) is 0 Å². The van der Waals surface area contributed by atoms with E-state index in [1.54, 1.807) is 32.4 Å². The van der Waals surface area contributed by atoms with Crippen LogP contribution in [0.2, 0.25) is 0 Å². The Hall–Kier alpha value is -3.27. The highest BCUT2D eigenvalue weighted by Gasteiger charge is 2.16. The van der Waals surface area contributed by atoms with Crippen LogP contribution >= 0.6 is 0 Å². The Morgan fingerprint density at radius 2 is 1.37 bits per heavy atom. The Morgan fingerprint density at radius 1 is 0.815 bits per heavy atom. The van der Waals surface area contributed by atoms with Crippen LogP contribution in [-0.2, 0) is 0 Å². The summed E-state index contributed by atoms with van der Waals surface area (Å²) in [7, 11) is 3.13. The lowest BCUT2D eigenvalue weighted by molar-refractivity contribution is 0.0952. The van der Waals surface area contributed by atoms with Crippen LogP contribution in [0.1, 0.15) is 27.4 Å². The van der Waals surface area contributed by atoms with Crippen LogP contribution in [0.15, 0.2) is 78.9 Å². The topological polar surface area (TPSA) is 47.6 Å². The van der Waals surface area contributed by atoms with E-state index in [0.717, 1.165) is 11.1 Å². The molecule has 0 aromatic heterocycles. The third kappa shape index (κ3) is 4.47. The van der Waals surface area contributed by atoms with Gasteiger partial charge in [0, 0.05) is 18.0 Å². The van der Waals surface area contributed by atoms with Gasteiger partial charge in [0.25, 0.3) is 5.91 Å². The van der Waals surface area contributed by atoms with Crippen LogP contribution < -0.4 is 14.8 Å². The summed E-state index contributed by atoms with van der Waals surface area (Å²) >= 11 is 0. The molecule has 0 aliphatic carbocycles. The molecule has 3 aromatic rings. The zero-order chi connectivity index (χ0) is 19.1. The van der Waals surface area contributed by atoms with Gasteiger partial charge in [-0.3, -0.25) is 4.79 Å². The van der Waals surface area contributed by atoms with Crippen molar-refractivity contribution in [3.05, 3.63) is 95.6 Å². The molecule has 0 heterocycles. The van der Waals surface area contributed by atoms with Crippen LogP contribution in [0.3, 0.4) is 0 Å². The Labute approximate surface area is 159 Å². The standard InChI is InChI=1S/C23H23NO3/c1-26-21-14-13-19(15-22(21)27-2)23(25)24-16-20(17-9-5-3-6-10-17)18-11-7-4-8-12-18/h3-15,20H,16H2,1-2H3,(H,24,25). The fraction of sp³-hybridized carbons (Fsp3) is 0.174. The highest BCUT2D eigenvalue weighted by atomic mass is 16.5. The summed E-state index contributed by atoms with van der Waals surface area (Å²) in [6.45, 7) is 0.501. The van der Waals surface area contributed by atoms with E-state index < -0.39 is 0 Å². The SMILES string of the molecule is COc1ccc(C(=O)NCC(c2ccccc2)c2ccccc2)cc1OC. The van der Waals surface area contributed by atoms with Crippen LogP contribution in [0, 0.1) is 0 Å². The van der Waals surface area contributed by atoms with Crippen molar-refractivity contribution < 1.29 is 14.3 Å². The number of ether oxygens (including phenoxy) is 2. The molecule has 0 aliphatic heterocycles. The molecule has 0 bridgehead atoms. The molecular formula is C23H23NO3. The second-order valence-corrected chi connectivity index (χ2v) is 6.15. The molecule has 0 spiro atoms. The van der Waals surface area contributed by atoms with Gasteiger partial charge in [-0.05, 0) is 29.3 Å². The van der Waals surface area contributed by atoms with E-state index in [1.165, 1.54) is 0 Å². The lowest BCUT2D eigenvalue weighted by Crippen LogP contribution is -2.29. The molecule has 0 saturated carbocycles. The minimum absolute atomic E-state index is 0.0801. The van der Waals surface area contributed by atoms with Crippen molar-refractivity contribution in [3.8, 4) is 11.5 Å². The van der Waals surface area contributed by atoms with Crippen LogP contribution in [0.25, 0.3) is 0 Å². The van der Waals surface area contributed by atoms with Crippen LogP contribution in [0.5, 0.6) is 11.5 Å². The lowest BCUT2D eigenvalue weighted by atomic mass is 9.91. The minimum atomic E-state index is -0.146. The second kappa shape index (κ2) is 8.90. The molecule has 0 atom stereocenters. The van der Waals surface area contributed by atoms with Gasteiger partial charge in [0.1, 0.15) is 0 Å². The number of benzene rings is 3. The van der Waals surface area contributed by atoms with Gasteiger partial charge in [0.15, 0.2) is 11.5 Å². The largest absolute Gasteiger partial charge is 0.493 e. The first-order chi connectivity index (χ1) is 13.2. The number of hydrogen-bond donors (Lipinski definition) is 1. The summed E-state index contributed by atoms with van der Waals surface area (Å²) in [6.07, 6.45) is 0. The maximum absolute atomic E-state index is 12.7. The zero-order valence-electron chi connectivity index (χ0n) is 15.5. The van der Waals surface area contributed by atoms with Crippen molar-refractivity contribution in [1.82, 2.24) is 5.32 Å². The van der Waals surface area contributed by atoms with E-state index >= 15 is 0 Å². The number of hydrogen-bond acceptors (Lipinski definition) is 3. The molecule has 27 heavy (non-hydrogen) atoms. The molecule has 138 valence electrons. The predicted octanol–water partition coefficient (Wildman–Crippen LogP) is 4.27. The van der Waals surface area contributed by atoms with Crippen molar-refractivity contribution in [2.75, 3.05) is 20.8 Å². The number of carbonyl (C=O) groups excluding carboxylic acids is 1. The second-order valence-electron chi connectivity index (χ2n) is 6.15. The Bertz CT molecular complexity index is 839. The summed E-state index contributed by atoms with van der Waals surface area (Å²) < 4.78 is 10.5. The molecule has 0 fully saturated rings. The van der Waals surface area contributed by atoms with Gasteiger partial charge in [0.05, 0.1) is 14.2 Å². The zero-order valence-corrected chi connectivity index (χ0v) is 15.5. The monoisotopic (exact) mass is 361 g/mol. The molecule has 1 amide bonds. The van der Waals surface area contributed by atoms with Gasteiger partial charge in [-0.15, -0.1) is 0 Å². The third-order valence-corrected chi connectivity index (χ3v) is 4.52. The van der Waals surface area contributed by atoms with Crippen molar-refractivity contribution >= 4 is 5.91 Å². The summed E-state index contributed by atoms with van der Waals surface area (Å²) in [5.74, 6) is 1.07. The molecule has 3 rings (SSSR count). The van der Waals surface area contributed by atoms with Crippen molar-refractivity contribution in [3.63, 3.8) is 0 Å². The summed E-state index contributed by atoms with van der Waals surface area (Å²) in [5, 5.41) is 3.05. The normalized spacial score (nSPS) is 10.5. The molecule has 3 aromatic carbocycles. The lowest BCUT2D eigenvalue weighted by Gasteiger charge is -2.19. The molecule has 4 heteroatoms. The third-order valence-electron chi connectivity index (χ3n) is 4.52. The van der Waals surface area contributed by atoms with Gasteiger partial charge < -0.3 is 14.8 Å². The maximum atomic E-state index is 12.7. The van der Waals surface area contributed by atoms with E-state index in [-0.39, 0.29) is 11.8 Å². The van der Waals surface area contributed by atoms with Crippen molar-refractivity contribution in [2.45, 2.75) is 5.92 Å². The number of carbonyl (C=O) groups is 1. The maximum Gasteiger partial charge on any atom is 0.251 e. The first-order valence-corrected chi connectivity index (χ1v) is 8.83. The predicted molar refractivity (Wildman–Crippen MR) is 107 cm³/mol. The molecule has 0 aliphatic rings. The molecule has 0 radical (unpaired) electrons. The van der Waals surface area contributed by atoms with E-state index in [0.29, 0.717) is 23.6 Å². The summed E-state index contributed by atoms with van der Waals surface area (Å²) in [5.41, 5.74) is 2.86. The van der Waals surface area contributed by atoms with E-state index in [1.807, 2.05) is 36.4 Å². The number of rotatable bonds is 7. The van der Waals surface area contributed by atoms with Gasteiger partial charge >= 0.3 is 0 Å². The van der Waals surface area contributed by atoms with Crippen molar-refractivity contribution in [1.29, 1.82) is 0 Å². The molecule has 0 saturated heterocycles. The highest BCUT2D eigenvalue weighted by Crippen LogP contribution is 2.28. The summed E-state index contributed by atoms with van der Waals surface area (Å²) in [4.78, 5) is 12.7. The average Bonchev–Trinajstić information content (AvgIpc) is 2.74. The van der Waals surface area contributed by atoms with E-state index in [2.05, 4.69) is 29.6 Å². The van der Waals surface area contributed by atoms with Gasteiger partial charge in [0.2, 0.25) is 0 Å². The number of amides is 1. The minimum Gasteiger partial charge on any atom is -0.493 e. The summed E-state index contributed by atoms with van der Waals surface area (Å²) in [6, 6.07) is 25.5. The molecular weight excluding hydrogens is 338 g/mol. The smallest absolute Gasteiger partial charge is 0.251 e. The quantitative estimate of drug-likeness (QED) is 0.684. The van der Waals surface area contributed by atoms with Crippen LogP contribution in [-0.4, -0.2) is 26.7 Å². The number of methoxy groups -OCH3 is 2. The average molecular weight is 361 g/mol. The number of nitrogens with one attached hydrogen (secondary N) is 1. The van der Waals surface area contributed by atoms with E-state index in [4.69, 9.17) is 9.47 Å². The fourth-order valence-electron chi connectivity index (χ4n) is 3.07. The first-order valence-electron chi connectivity index (χ1n) is 8.83. The highest BCUT2D eigenvalue weighted by molar-refractivity contribution is 5.95. The van der Waals surface area contributed by atoms with Gasteiger partial charge in [-0.25, -0.2) is 0 Å². The fourth-order valence-corrected chi connectivity index (χ4v) is 3.07. The Balaban J connectivity index is 1.78. The molecule has 4 nitrogen and oxygen atoms in total. The van der Waals surface area contributed by atoms with Crippen LogP contribution in [0.4, 0.5) is 0 Å². The molecule has 1 N–H and O–H groups in total. The Morgan fingerprint density at radius 3 is 1.89 bits per heavy atom. The van der Waals surface area contributed by atoms with E-state index in [9.17, 15) is 4.79 Å². The van der Waals surface area contributed by atoms with Gasteiger partial charge in [-0.2, -0.15) is 0 Å².